The summed E-state index contributed by atoms with van der Waals surface area (Å²) in [4.78, 5) is 12.4. The fourth-order valence-corrected chi connectivity index (χ4v) is 3.12. The van der Waals surface area contributed by atoms with Crippen LogP contribution in [-0.2, 0) is 4.74 Å². The smallest absolute Gasteiger partial charge is 0.264 e. The highest BCUT2D eigenvalue weighted by atomic mass is 35.5. The predicted octanol–water partition coefficient (Wildman–Crippen LogP) is 3.14. The van der Waals surface area contributed by atoms with Crippen LogP contribution in [0.1, 0.15) is 36.4 Å². The maximum atomic E-state index is 12.0. The molecule has 0 aromatic carbocycles. The number of halogens is 2. The van der Waals surface area contributed by atoms with E-state index < -0.39 is 0 Å². The lowest BCUT2D eigenvalue weighted by molar-refractivity contribution is -0.0615. The summed E-state index contributed by atoms with van der Waals surface area (Å²) in [5.74, 6) is -0.216. The van der Waals surface area contributed by atoms with Crippen LogP contribution in [-0.4, -0.2) is 28.5 Å². The van der Waals surface area contributed by atoms with E-state index in [-0.39, 0.29) is 27.7 Å². The van der Waals surface area contributed by atoms with Crippen LogP contribution in [0.3, 0.4) is 0 Å². The van der Waals surface area contributed by atoms with Gasteiger partial charge in [-0.1, -0.05) is 23.2 Å². The molecule has 1 aliphatic heterocycles. The molecule has 1 aromatic rings. The molecule has 1 N–H and O–H groups in total. The fraction of sp³-hybridized carbons (Fsp3) is 0.636. The molecule has 1 saturated heterocycles. The van der Waals surface area contributed by atoms with Gasteiger partial charge in [-0.3, -0.25) is 4.79 Å². The molecule has 0 radical (unpaired) electrons. The molecule has 1 atom stereocenters. The number of carbonyl (C=O) groups excluding carboxylic acids is 1. The summed E-state index contributed by atoms with van der Waals surface area (Å²) in [6.07, 6.45) is 1.59. The van der Waals surface area contributed by atoms with Crippen molar-refractivity contribution in [2.45, 2.75) is 38.3 Å². The SMILES string of the molecule is CC1(C)CC(NC(=O)c2snc(Cl)c2Cl)CCO1. The first-order valence-electron chi connectivity index (χ1n) is 5.64. The average Bonchev–Trinajstić information content (AvgIpc) is 2.58. The van der Waals surface area contributed by atoms with E-state index in [1.807, 2.05) is 13.8 Å². The molecule has 4 nitrogen and oxygen atoms in total. The molecule has 1 fully saturated rings. The van der Waals surface area contributed by atoms with E-state index in [2.05, 4.69) is 9.69 Å². The molecule has 0 aliphatic carbocycles. The van der Waals surface area contributed by atoms with Gasteiger partial charge in [0, 0.05) is 12.6 Å². The zero-order chi connectivity index (χ0) is 13.3. The van der Waals surface area contributed by atoms with Gasteiger partial charge in [0.25, 0.3) is 5.91 Å². The van der Waals surface area contributed by atoms with Crippen LogP contribution in [0.2, 0.25) is 10.2 Å². The Morgan fingerprint density at radius 2 is 2.28 bits per heavy atom. The lowest BCUT2D eigenvalue weighted by Crippen LogP contribution is -2.45. The van der Waals surface area contributed by atoms with Gasteiger partial charge in [-0.25, -0.2) is 0 Å². The van der Waals surface area contributed by atoms with Crippen molar-refractivity contribution in [3.8, 4) is 0 Å². The summed E-state index contributed by atoms with van der Waals surface area (Å²) < 4.78 is 9.45. The number of ether oxygens (including phenoxy) is 1. The van der Waals surface area contributed by atoms with Gasteiger partial charge >= 0.3 is 0 Å². The third-order valence-corrected chi connectivity index (χ3v) is 4.63. The van der Waals surface area contributed by atoms with Crippen molar-refractivity contribution < 1.29 is 9.53 Å². The Hall–Kier alpha value is -0.360. The minimum Gasteiger partial charge on any atom is -0.375 e. The molecule has 7 heteroatoms. The van der Waals surface area contributed by atoms with Crippen LogP contribution in [0.25, 0.3) is 0 Å². The number of aromatic nitrogens is 1. The van der Waals surface area contributed by atoms with Crippen molar-refractivity contribution in [3.63, 3.8) is 0 Å². The number of hydrogen-bond donors (Lipinski definition) is 1. The Morgan fingerprint density at radius 3 is 2.83 bits per heavy atom. The number of nitrogens with zero attached hydrogens (tertiary/aromatic N) is 1. The first-order chi connectivity index (χ1) is 8.39. The largest absolute Gasteiger partial charge is 0.375 e. The van der Waals surface area contributed by atoms with Crippen molar-refractivity contribution in [2.24, 2.45) is 0 Å². The second-order valence-corrected chi connectivity index (χ2v) is 6.40. The van der Waals surface area contributed by atoms with Gasteiger partial charge in [-0.15, -0.1) is 0 Å². The average molecular weight is 309 g/mol. The minimum absolute atomic E-state index is 0.0955. The van der Waals surface area contributed by atoms with Crippen LogP contribution < -0.4 is 5.32 Å². The molecule has 18 heavy (non-hydrogen) atoms. The van der Waals surface area contributed by atoms with E-state index in [1.54, 1.807) is 0 Å². The van der Waals surface area contributed by atoms with Crippen LogP contribution >= 0.6 is 34.7 Å². The van der Waals surface area contributed by atoms with Gasteiger partial charge in [-0.05, 0) is 38.2 Å². The van der Waals surface area contributed by atoms with Gasteiger partial charge in [0.2, 0.25) is 0 Å². The van der Waals surface area contributed by atoms with E-state index in [9.17, 15) is 4.79 Å². The highest BCUT2D eigenvalue weighted by Gasteiger charge is 2.30. The van der Waals surface area contributed by atoms with E-state index >= 15 is 0 Å². The first-order valence-corrected chi connectivity index (χ1v) is 7.17. The third-order valence-electron chi connectivity index (χ3n) is 2.84. The van der Waals surface area contributed by atoms with Crippen molar-refractivity contribution in [3.05, 3.63) is 15.1 Å². The van der Waals surface area contributed by atoms with Crippen LogP contribution in [0, 0.1) is 0 Å². The third kappa shape index (κ3) is 3.15. The molecule has 1 unspecified atom stereocenters. The summed E-state index contributed by atoms with van der Waals surface area (Å²) in [5.41, 5.74) is -0.203. The number of amides is 1. The summed E-state index contributed by atoms with van der Waals surface area (Å²) in [6, 6.07) is 0.0955. The Balaban J connectivity index is 2.01. The summed E-state index contributed by atoms with van der Waals surface area (Å²) in [7, 11) is 0. The zero-order valence-electron chi connectivity index (χ0n) is 10.1. The maximum Gasteiger partial charge on any atom is 0.264 e. The highest BCUT2D eigenvalue weighted by molar-refractivity contribution is 7.09. The molecule has 1 amide bonds. The van der Waals surface area contributed by atoms with Crippen LogP contribution in [0.4, 0.5) is 0 Å². The Morgan fingerprint density at radius 1 is 1.56 bits per heavy atom. The molecule has 2 rings (SSSR count). The highest BCUT2D eigenvalue weighted by Crippen LogP contribution is 2.29. The number of nitrogens with one attached hydrogen (secondary N) is 1. The molecule has 0 saturated carbocycles. The number of rotatable bonds is 2. The molecule has 0 bridgehead atoms. The fourth-order valence-electron chi connectivity index (χ4n) is 2.01. The lowest BCUT2D eigenvalue weighted by Gasteiger charge is -2.35. The second kappa shape index (κ2) is 5.33. The van der Waals surface area contributed by atoms with E-state index in [1.165, 1.54) is 0 Å². The summed E-state index contributed by atoms with van der Waals surface area (Å²) in [6.45, 7) is 4.68. The quantitative estimate of drug-likeness (QED) is 0.913. The van der Waals surface area contributed by atoms with Crippen molar-refractivity contribution in [2.75, 3.05) is 6.61 Å². The minimum atomic E-state index is -0.216. The predicted molar refractivity (Wildman–Crippen MR) is 72.7 cm³/mol. The van der Waals surface area contributed by atoms with Crippen molar-refractivity contribution in [1.29, 1.82) is 0 Å². The van der Waals surface area contributed by atoms with Gasteiger partial charge in [-0.2, -0.15) is 4.37 Å². The topological polar surface area (TPSA) is 51.2 Å². The lowest BCUT2D eigenvalue weighted by atomic mass is 9.94. The Labute approximate surface area is 120 Å². The molecule has 0 spiro atoms. The monoisotopic (exact) mass is 308 g/mol. The van der Waals surface area contributed by atoms with Crippen molar-refractivity contribution in [1.82, 2.24) is 9.69 Å². The van der Waals surface area contributed by atoms with Gasteiger partial charge < -0.3 is 10.1 Å². The molecule has 1 aliphatic rings. The van der Waals surface area contributed by atoms with E-state index in [4.69, 9.17) is 27.9 Å². The standard InChI is InChI=1S/C11H14Cl2N2O2S/c1-11(2)5-6(3-4-17-11)14-10(16)8-7(12)9(13)15-18-8/h6H,3-5H2,1-2H3,(H,14,16). The van der Waals surface area contributed by atoms with Gasteiger partial charge in [0.1, 0.15) is 9.90 Å². The maximum absolute atomic E-state index is 12.0. The summed E-state index contributed by atoms with van der Waals surface area (Å²) in [5, 5.41) is 3.36. The molecular weight excluding hydrogens is 295 g/mol. The Kier molecular flexibility index (Phi) is 4.16. The first kappa shape index (κ1) is 14.1. The molecule has 1 aromatic heterocycles. The van der Waals surface area contributed by atoms with Crippen LogP contribution in [0.15, 0.2) is 0 Å². The van der Waals surface area contributed by atoms with Crippen LogP contribution in [0.5, 0.6) is 0 Å². The normalized spacial score (nSPS) is 22.8. The zero-order valence-corrected chi connectivity index (χ0v) is 12.5. The molecular formula is C11H14Cl2N2O2S. The second-order valence-electron chi connectivity index (χ2n) is 4.89. The summed E-state index contributed by atoms with van der Waals surface area (Å²) >= 11 is 12.7. The molecule has 2 heterocycles. The van der Waals surface area contributed by atoms with Crippen molar-refractivity contribution >= 4 is 40.6 Å². The van der Waals surface area contributed by atoms with Gasteiger partial charge in [0.15, 0.2) is 5.15 Å². The van der Waals surface area contributed by atoms with E-state index in [0.717, 1.165) is 24.4 Å². The van der Waals surface area contributed by atoms with Gasteiger partial charge in [0.05, 0.1) is 5.60 Å². The van der Waals surface area contributed by atoms with E-state index in [0.29, 0.717) is 11.5 Å². The Bertz CT molecular complexity index is 462. The number of hydrogen-bond acceptors (Lipinski definition) is 4. The molecule has 100 valence electrons. The number of carbonyl (C=O) groups is 1.